The average molecular weight is 319 g/mol. The van der Waals surface area contributed by atoms with Crippen molar-refractivity contribution in [3.8, 4) is 5.75 Å². The van der Waals surface area contributed by atoms with Crippen molar-refractivity contribution in [2.24, 2.45) is 0 Å². The van der Waals surface area contributed by atoms with Gasteiger partial charge in [0.25, 0.3) is 5.78 Å². The number of likely N-dealkylation sites (tertiary alicyclic amines) is 1. The van der Waals surface area contributed by atoms with E-state index in [1.165, 1.54) is 0 Å². The van der Waals surface area contributed by atoms with Gasteiger partial charge in [-0.1, -0.05) is 0 Å². The zero-order valence-corrected chi connectivity index (χ0v) is 13.8. The molecule has 0 N–H and O–H groups in total. The van der Waals surface area contributed by atoms with Gasteiger partial charge in [-0.3, -0.25) is 4.40 Å². The van der Waals surface area contributed by atoms with Gasteiger partial charge in [0, 0.05) is 12.5 Å². The van der Waals surface area contributed by atoms with Crippen molar-refractivity contribution < 1.29 is 14.3 Å². The van der Waals surface area contributed by atoms with Gasteiger partial charge in [0.1, 0.15) is 18.0 Å². The Labute approximate surface area is 134 Å². The molecule has 1 aliphatic rings. The van der Waals surface area contributed by atoms with E-state index in [2.05, 4.69) is 15.2 Å². The predicted molar refractivity (Wildman–Crippen MR) is 82.2 cm³/mol. The fourth-order valence-corrected chi connectivity index (χ4v) is 2.61. The lowest BCUT2D eigenvalue weighted by molar-refractivity contribution is 0.0224. The first-order valence-electron chi connectivity index (χ1n) is 7.63. The van der Waals surface area contributed by atoms with Crippen LogP contribution in [0, 0.1) is 0 Å². The maximum Gasteiger partial charge on any atom is 0.410 e. The lowest BCUT2D eigenvalue weighted by atomic mass is 10.2. The molecular formula is C15H21N5O3. The Morgan fingerprint density at radius 3 is 2.91 bits per heavy atom. The topological polar surface area (TPSA) is 81.9 Å². The minimum atomic E-state index is -0.501. The zero-order chi connectivity index (χ0) is 16.6. The maximum absolute atomic E-state index is 12.2. The summed E-state index contributed by atoms with van der Waals surface area (Å²) in [7, 11) is 0. The Bertz CT molecular complexity index is 708. The highest BCUT2D eigenvalue weighted by Crippen LogP contribution is 2.24. The third-order valence-corrected chi connectivity index (χ3v) is 3.59. The van der Waals surface area contributed by atoms with E-state index in [1.54, 1.807) is 28.0 Å². The summed E-state index contributed by atoms with van der Waals surface area (Å²) in [5.41, 5.74) is -0.501. The number of carbonyl (C=O) groups excluding carboxylic acids is 1. The Morgan fingerprint density at radius 2 is 2.17 bits per heavy atom. The van der Waals surface area contributed by atoms with E-state index in [4.69, 9.17) is 9.47 Å². The highest BCUT2D eigenvalue weighted by atomic mass is 16.6. The molecule has 0 aromatic carbocycles. The number of carbonyl (C=O) groups is 1. The van der Waals surface area contributed by atoms with Crippen LogP contribution in [0.15, 0.2) is 18.7 Å². The Morgan fingerprint density at radius 1 is 1.39 bits per heavy atom. The fourth-order valence-electron chi connectivity index (χ4n) is 2.61. The Balaban J connectivity index is 1.65. The quantitative estimate of drug-likeness (QED) is 0.841. The fraction of sp³-hybridized carbons (Fsp3) is 0.600. The molecule has 1 saturated heterocycles. The molecule has 0 saturated carbocycles. The molecule has 1 amide bonds. The average Bonchev–Trinajstić information content (AvgIpc) is 3.03. The molecule has 2 aromatic heterocycles. The molecule has 1 fully saturated rings. The molecule has 2 atom stereocenters. The molecule has 8 nitrogen and oxygen atoms in total. The third-order valence-electron chi connectivity index (χ3n) is 3.59. The number of hydrogen-bond acceptors (Lipinski definition) is 6. The molecular weight excluding hydrogens is 298 g/mol. The second-order valence-corrected chi connectivity index (χ2v) is 6.79. The molecule has 0 unspecified atom stereocenters. The van der Waals surface area contributed by atoms with Crippen LogP contribution in [0.5, 0.6) is 5.75 Å². The van der Waals surface area contributed by atoms with Crippen LogP contribution in [-0.4, -0.2) is 54.9 Å². The number of nitrogens with zero attached hydrogens (tertiary/aromatic N) is 5. The molecule has 124 valence electrons. The number of amides is 1. The summed E-state index contributed by atoms with van der Waals surface area (Å²) >= 11 is 0. The van der Waals surface area contributed by atoms with Crippen LogP contribution < -0.4 is 4.74 Å². The van der Waals surface area contributed by atoms with Crippen LogP contribution in [0.4, 0.5) is 4.79 Å². The molecule has 8 heteroatoms. The van der Waals surface area contributed by atoms with Gasteiger partial charge < -0.3 is 14.4 Å². The summed E-state index contributed by atoms with van der Waals surface area (Å²) in [5.74, 6) is 1.15. The van der Waals surface area contributed by atoms with Gasteiger partial charge in [-0.05, 0) is 27.7 Å². The summed E-state index contributed by atoms with van der Waals surface area (Å²) in [6, 6.07) is 0.0708. The van der Waals surface area contributed by atoms with E-state index in [9.17, 15) is 4.79 Å². The summed E-state index contributed by atoms with van der Waals surface area (Å²) < 4.78 is 13.1. The summed E-state index contributed by atoms with van der Waals surface area (Å²) in [5, 5.41) is 7.63. The zero-order valence-electron chi connectivity index (χ0n) is 13.8. The molecule has 3 rings (SSSR count). The highest BCUT2D eigenvalue weighted by molar-refractivity contribution is 5.69. The van der Waals surface area contributed by atoms with Gasteiger partial charge in [-0.2, -0.15) is 0 Å². The Kier molecular flexibility index (Phi) is 3.83. The molecule has 0 radical (unpaired) electrons. The van der Waals surface area contributed by atoms with E-state index in [0.29, 0.717) is 18.1 Å². The van der Waals surface area contributed by atoms with Crippen LogP contribution >= 0.6 is 0 Å². The van der Waals surface area contributed by atoms with Gasteiger partial charge in [0.05, 0.1) is 18.9 Å². The van der Waals surface area contributed by atoms with Gasteiger partial charge >= 0.3 is 6.09 Å². The van der Waals surface area contributed by atoms with Crippen LogP contribution in [0.1, 0.15) is 34.1 Å². The smallest absolute Gasteiger partial charge is 0.410 e. The van der Waals surface area contributed by atoms with Crippen molar-refractivity contribution in [2.45, 2.75) is 51.9 Å². The minimum absolute atomic E-state index is 0.0708. The van der Waals surface area contributed by atoms with Crippen LogP contribution in [-0.2, 0) is 4.74 Å². The van der Waals surface area contributed by atoms with Crippen molar-refractivity contribution >= 4 is 11.9 Å². The van der Waals surface area contributed by atoms with Gasteiger partial charge in [0.15, 0.2) is 5.75 Å². The number of hydrogen-bond donors (Lipinski definition) is 0. The molecule has 0 aliphatic carbocycles. The lowest BCUT2D eigenvalue weighted by Crippen LogP contribution is -2.39. The second-order valence-electron chi connectivity index (χ2n) is 6.79. The minimum Gasteiger partial charge on any atom is -0.485 e. The molecule has 23 heavy (non-hydrogen) atoms. The van der Waals surface area contributed by atoms with Crippen molar-refractivity contribution in [1.82, 2.24) is 24.5 Å². The predicted octanol–water partition coefficient (Wildman–Crippen LogP) is 1.90. The van der Waals surface area contributed by atoms with Gasteiger partial charge in [0.2, 0.25) is 0 Å². The number of ether oxygens (including phenoxy) is 2. The SMILES string of the molecule is C[C@H]1C[C@@H](Oc2cnc3nncn3c2)CN1C(=O)OC(C)(C)C. The van der Waals surface area contributed by atoms with Crippen LogP contribution in [0.2, 0.25) is 0 Å². The molecule has 1 aliphatic heterocycles. The van der Waals surface area contributed by atoms with E-state index in [0.717, 1.165) is 6.42 Å². The monoisotopic (exact) mass is 319 g/mol. The standard InChI is InChI=1S/C15H21N5O3/c1-10-5-11(8-20(10)14(21)23-15(2,3)4)22-12-6-16-13-18-17-9-19(13)7-12/h6-7,9-11H,5,8H2,1-4H3/t10-,11+/m0/s1. The number of fused-ring (bicyclic) bond motifs is 1. The first-order valence-corrected chi connectivity index (χ1v) is 7.63. The van der Waals surface area contributed by atoms with Crippen LogP contribution in [0.25, 0.3) is 5.78 Å². The first-order chi connectivity index (χ1) is 10.8. The first kappa shape index (κ1) is 15.5. The maximum atomic E-state index is 12.2. The van der Waals surface area contributed by atoms with E-state index < -0.39 is 5.60 Å². The molecule has 0 bridgehead atoms. The summed E-state index contributed by atoms with van der Waals surface area (Å²) in [4.78, 5) is 18.1. The Hall–Kier alpha value is -2.38. The van der Waals surface area contributed by atoms with E-state index >= 15 is 0 Å². The highest BCUT2D eigenvalue weighted by Gasteiger charge is 2.36. The second kappa shape index (κ2) is 5.68. The van der Waals surface area contributed by atoms with E-state index in [-0.39, 0.29) is 18.2 Å². The van der Waals surface area contributed by atoms with Gasteiger partial charge in [-0.15, -0.1) is 10.2 Å². The summed E-state index contributed by atoms with van der Waals surface area (Å²) in [6.45, 7) is 8.07. The third kappa shape index (κ3) is 3.52. The number of aromatic nitrogens is 4. The van der Waals surface area contributed by atoms with Crippen LogP contribution in [0.3, 0.4) is 0 Å². The van der Waals surface area contributed by atoms with Crippen molar-refractivity contribution in [1.29, 1.82) is 0 Å². The largest absolute Gasteiger partial charge is 0.485 e. The normalized spacial score (nSPS) is 21.7. The summed E-state index contributed by atoms with van der Waals surface area (Å²) in [6.07, 6.45) is 5.32. The van der Waals surface area contributed by atoms with Crippen molar-refractivity contribution in [3.05, 3.63) is 18.7 Å². The van der Waals surface area contributed by atoms with Crippen molar-refractivity contribution in [2.75, 3.05) is 6.54 Å². The molecule has 0 spiro atoms. The van der Waals surface area contributed by atoms with Crippen molar-refractivity contribution in [3.63, 3.8) is 0 Å². The molecule has 3 heterocycles. The van der Waals surface area contributed by atoms with Gasteiger partial charge in [-0.25, -0.2) is 9.78 Å². The number of rotatable bonds is 2. The molecule has 2 aromatic rings. The van der Waals surface area contributed by atoms with E-state index in [1.807, 2.05) is 27.7 Å². The lowest BCUT2D eigenvalue weighted by Gasteiger charge is -2.26.